The number of rotatable bonds is 7. The molecule has 1 aromatic rings. The SMILES string of the molecule is COc1ccc(C(=O)NCC2CCN(S(C)(=O)=O)CC2)c(OC)c1OC. The summed E-state index contributed by atoms with van der Waals surface area (Å²) in [6.45, 7) is 1.45. The highest BCUT2D eigenvalue weighted by atomic mass is 32.2. The van der Waals surface area contributed by atoms with E-state index in [0.29, 0.717) is 42.4 Å². The molecule has 26 heavy (non-hydrogen) atoms. The first-order chi connectivity index (χ1) is 12.3. The van der Waals surface area contributed by atoms with Crippen molar-refractivity contribution in [2.75, 3.05) is 47.2 Å². The predicted molar refractivity (Wildman–Crippen MR) is 97.6 cm³/mol. The largest absolute Gasteiger partial charge is 0.493 e. The molecule has 9 heteroatoms. The molecule has 1 saturated heterocycles. The van der Waals surface area contributed by atoms with Crippen molar-refractivity contribution in [2.45, 2.75) is 12.8 Å². The second-order valence-electron chi connectivity index (χ2n) is 6.20. The van der Waals surface area contributed by atoms with Gasteiger partial charge in [0.2, 0.25) is 15.8 Å². The van der Waals surface area contributed by atoms with Crippen molar-refractivity contribution >= 4 is 15.9 Å². The van der Waals surface area contributed by atoms with Crippen LogP contribution in [0.3, 0.4) is 0 Å². The van der Waals surface area contributed by atoms with Crippen LogP contribution < -0.4 is 19.5 Å². The van der Waals surface area contributed by atoms with Gasteiger partial charge < -0.3 is 19.5 Å². The molecule has 0 radical (unpaired) electrons. The lowest BCUT2D eigenvalue weighted by atomic mass is 9.98. The van der Waals surface area contributed by atoms with Gasteiger partial charge in [-0.2, -0.15) is 0 Å². The van der Waals surface area contributed by atoms with Gasteiger partial charge in [0.05, 0.1) is 33.1 Å². The van der Waals surface area contributed by atoms with E-state index in [1.807, 2.05) is 0 Å². The van der Waals surface area contributed by atoms with Gasteiger partial charge in [-0.1, -0.05) is 0 Å². The molecule has 1 heterocycles. The monoisotopic (exact) mass is 386 g/mol. The predicted octanol–water partition coefficient (Wildman–Crippen LogP) is 1.11. The number of hydrogen-bond acceptors (Lipinski definition) is 6. The lowest BCUT2D eigenvalue weighted by Gasteiger charge is -2.30. The highest BCUT2D eigenvalue weighted by molar-refractivity contribution is 7.88. The maximum atomic E-state index is 12.6. The molecule has 0 spiro atoms. The van der Waals surface area contributed by atoms with Gasteiger partial charge in [0.1, 0.15) is 0 Å². The third-order valence-corrected chi connectivity index (χ3v) is 5.85. The molecule has 0 bridgehead atoms. The number of carbonyl (C=O) groups excluding carboxylic acids is 1. The summed E-state index contributed by atoms with van der Waals surface area (Å²) >= 11 is 0. The van der Waals surface area contributed by atoms with E-state index >= 15 is 0 Å². The van der Waals surface area contributed by atoms with Crippen molar-refractivity contribution < 1.29 is 27.4 Å². The molecule has 1 fully saturated rings. The Morgan fingerprint density at radius 3 is 2.23 bits per heavy atom. The zero-order valence-electron chi connectivity index (χ0n) is 15.6. The van der Waals surface area contributed by atoms with Crippen LogP contribution in [0.2, 0.25) is 0 Å². The van der Waals surface area contributed by atoms with Crippen LogP contribution in [0.15, 0.2) is 12.1 Å². The Kier molecular flexibility index (Phi) is 6.71. The quantitative estimate of drug-likeness (QED) is 0.755. The van der Waals surface area contributed by atoms with Crippen molar-refractivity contribution in [1.29, 1.82) is 0 Å². The van der Waals surface area contributed by atoms with Gasteiger partial charge in [0.15, 0.2) is 11.5 Å². The van der Waals surface area contributed by atoms with E-state index in [0.717, 1.165) is 12.8 Å². The minimum Gasteiger partial charge on any atom is -0.493 e. The van der Waals surface area contributed by atoms with Gasteiger partial charge in [-0.25, -0.2) is 12.7 Å². The average Bonchev–Trinajstić information content (AvgIpc) is 2.64. The summed E-state index contributed by atoms with van der Waals surface area (Å²) in [5.74, 6) is 1.13. The van der Waals surface area contributed by atoms with Gasteiger partial charge >= 0.3 is 0 Å². The van der Waals surface area contributed by atoms with Crippen LogP contribution in [0.25, 0.3) is 0 Å². The lowest BCUT2D eigenvalue weighted by molar-refractivity contribution is 0.0937. The Morgan fingerprint density at radius 1 is 1.12 bits per heavy atom. The summed E-state index contributed by atoms with van der Waals surface area (Å²) in [6, 6.07) is 3.28. The number of nitrogens with zero attached hydrogens (tertiary/aromatic N) is 1. The number of ether oxygens (including phenoxy) is 3. The first-order valence-electron chi connectivity index (χ1n) is 8.34. The number of benzene rings is 1. The van der Waals surface area contributed by atoms with E-state index in [2.05, 4.69) is 5.32 Å². The number of methoxy groups -OCH3 is 3. The van der Waals surface area contributed by atoms with E-state index in [1.165, 1.54) is 31.9 Å². The molecule has 0 aliphatic carbocycles. The molecule has 1 N–H and O–H groups in total. The van der Waals surface area contributed by atoms with Gasteiger partial charge in [0.25, 0.3) is 5.91 Å². The minimum atomic E-state index is -3.14. The molecule has 146 valence electrons. The molecule has 0 saturated carbocycles. The first kappa shape index (κ1) is 20.3. The zero-order valence-corrected chi connectivity index (χ0v) is 16.4. The van der Waals surface area contributed by atoms with Crippen molar-refractivity contribution in [3.63, 3.8) is 0 Å². The molecular formula is C17H26N2O6S. The second-order valence-corrected chi connectivity index (χ2v) is 8.18. The fourth-order valence-electron chi connectivity index (χ4n) is 3.06. The molecule has 8 nitrogen and oxygen atoms in total. The highest BCUT2D eigenvalue weighted by Gasteiger charge is 2.26. The first-order valence-corrected chi connectivity index (χ1v) is 10.2. The van der Waals surface area contributed by atoms with Crippen molar-refractivity contribution in [3.05, 3.63) is 17.7 Å². The summed E-state index contributed by atoms with van der Waals surface area (Å²) < 4.78 is 40.4. The van der Waals surface area contributed by atoms with Gasteiger partial charge in [-0.3, -0.25) is 4.79 Å². The van der Waals surface area contributed by atoms with Crippen molar-refractivity contribution in [3.8, 4) is 17.2 Å². The number of hydrogen-bond donors (Lipinski definition) is 1. The maximum absolute atomic E-state index is 12.6. The number of sulfonamides is 1. The second kappa shape index (κ2) is 8.59. The molecule has 1 amide bonds. The molecule has 0 unspecified atom stereocenters. The number of carbonyl (C=O) groups is 1. The standard InChI is InChI=1S/C17H26N2O6S/c1-23-14-6-5-13(15(24-2)16(14)25-3)17(20)18-11-12-7-9-19(10-8-12)26(4,21)22/h5-6,12H,7-11H2,1-4H3,(H,18,20). The fraction of sp³-hybridized carbons (Fsp3) is 0.588. The molecule has 0 aromatic heterocycles. The molecule has 1 aliphatic rings. The van der Waals surface area contributed by atoms with Crippen LogP contribution in [0.1, 0.15) is 23.2 Å². The molecule has 1 aromatic carbocycles. The van der Waals surface area contributed by atoms with Crippen LogP contribution in [-0.2, 0) is 10.0 Å². The van der Waals surface area contributed by atoms with Gasteiger partial charge in [-0.05, 0) is 30.9 Å². The Bertz CT molecular complexity index is 742. The van der Waals surface area contributed by atoms with Crippen LogP contribution in [0.4, 0.5) is 0 Å². The average molecular weight is 386 g/mol. The maximum Gasteiger partial charge on any atom is 0.255 e. The minimum absolute atomic E-state index is 0.239. The third kappa shape index (κ3) is 4.59. The number of piperidine rings is 1. The van der Waals surface area contributed by atoms with Crippen LogP contribution >= 0.6 is 0 Å². The van der Waals surface area contributed by atoms with E-state index in [4.69, 9.17) is 14.2 Å². The zero-order chi connectivity index (χ0) is 19.3. The van der Waals surface area contributed by atoms with Crippen LogP contribution in [0.5, 0.6) is 17.2 Å². The summed E-state index contributed by atoms with van der Waals surface area (Å²) in [5, 5.41) is 2.90. The normalized spacial score (nSPS) is 16.2. The van der Waals surface area contributed by atoms with E-state index in [1.54, 1.807) is 12.1 Å². The van der Waals surface area contributed by atoms with Crippen LogP contribution in [0, 0.1) is 5.92 Å². The molecular weight excluding hydrogens is 360 g/mol. The summed E-state index contributed by atoms with van der Waals surface area (Å²) in [4.78, 5) is 12.6. The number of amides is 1. The molecule has 1 aliphatic heterocycles. The Labute approximate surface area is 154 Å². The summed E-state index contributed by atoms with van der Waals surface area (Å²) in [5.41, 5.74) is 0.360. The highest BCUT2D eigenvalue weighted by Crippen LogP contribution is 2.39. The smallest absolute Gasteiger partial charge is 0.255 e. The lowest BCUT2D eigenvalue weighted by Crippen LogP contribution is -2.41. The summed E-state index contributed by atoms with van der Waals surface area (Å²) in [6.07, 6.45) is 2.66. The van der Waals surface area contributed by atoms with Crippen LogP contribution in [-0.4, -0.2) is 65.8 Å². The van der Waals surface area contributed by atoms with Crippen molar-refractivity contribution in [2.24, 2.45) is 5.92 Å². The fourth-order valence-corrected chi connectivity index (χ4v) is 3.93. The molecule has 2 rings (SSSR count). The summed E-state index contributed by atoms with van der Waals surface area (Å²) in [7, 11) is 1.32. The van der Waals surface area contributed by atoms with E-state index in [9.17, 15) is 13.2 Å². The van der Waals surface area contributed by atoms with E-state index < -0.39 is 10.0 Å². The Balaban J connectivity index is 2.01. The van der Waals surface area contributed by atoms with Gasteiger partial charge in [0, 0.05) is 19.6 Å². The topological polar surface area (TPSA) is 94.2 Å². The number of nitrogens with one attached hydrogen (secondary N) is 1. The molecule has 0 atom stereocenters. The van der Waals surface area contributed by atoms with E-state index in [-0.39, 0.29) is 11.8 Å². The Hall–Kier alpha value is -2.00. The van der Waals surface area contributed by atoms with Gasteiger partial charge in [-0.15, -0.1) is 0 Å². The third-order valence-electron chi connectivity index (χ3n) is 4.54. The Morgan fingerprint density at radius 2 is 1.73 bits per heavy atom. The van der Waals surface area contributed by atoms with Crippen molar-refractivity contribution in [1.82, 2.24) is 9.62 Å².